The third-order valence-corrected chi connectivity index (χ3v) is 3.50. The van der Waals surface area contributed by atoms with Crippen LogP contribution in [-0.2, 0) is 5.54 Å². The van der Waals surface area contributed by atoms with Gasteiger partial charge in [-0.05, 0) is 29.9 Å². The highest BCUT2D eigenvalue weighted by Crippen LogP contribution is 2.36. The maximum atomic E-state index is 6.41. The van der Waals surface area contributed by atoms with Gasteiger partial charge in [0.2, 0.25) is 0 Å². The number of rotatable bonds is 2. The van der Waals surface area contributed by atoms with Crippen molar-refractivity contribution in [3.05, 3.63) is 29.6 Å². The maximum Gasteiger partial charge on any atom is 0.0425 e. The zero-order valence-corrected chi connectivity index (χ0v) is 9.66. The van der Waals surface area contributed by atoms with Gasteiger partial charge in [-0.2, -0.15) is 0 Å². The van der Waals surface area contributed by atoms with Crippen LogP contribution in [0.5, 0.6) is 0 Å². The van der Waals surface area contributed by atoms with E-state index >= 15 is 0 Å². The summed E-state index contributed by atoms with van der Waals surface area (Å²) in [5, 5.41) is 0. The van der Waals surface area contributed by atoms with Gasteiger partial charge in [0.15, 0.2) is 0 Å². The van der Waals surface area contributed by atoms with Crippen molar-refractivity contribution < 1.29 is 0 Å². The first kappa shape index (κ1) is 10.6. The van der Waals surface area contributed by atoms with Crippen molar-refractivity contribution in [3.63, 3.8) is 0 Å². The van der Waals surface area contributed by atoms with Crippen LogP contribution in [0.2, 0.25) is 0 Å². The third-order valence-electron chi connectivity index (χ3n) is 3.50. The molecule has 15 heavy (non-hydrogen) atoms. The fraction of sp³-hybridized carbons (Fsp3) is 0.615. The summed E-state index contributed by atoms with van der Waals surface area (Å²) in [4.78, 5) is 4.32. The first-order valence-electron chi connectivity index (χ1n) is 5.86. The van der Waals surface area contributed by atoms with Crippen molar-refractivity contribution in [2.24, 2.45) is 5.73 Å². The van der Waals surface area contributed by atoms with Crippen molar-refractivity contribution in [1.82, 2.24) is 4.98 Å². The van der Waals surface area contributed by atoms with Crippen LogP contribution in [0.25, 0.3) is 0 Å². The molecule has 1 aliphatic rings. The molecule has 0 aromatic carbocycles. The number of hydrogen-bond acceptors (Lipinski definition) is 2. The molecule has 2 heteroatoms. The summed E-state index contributed by atoms with van der Waals surface area (Å²) in [7, 11) is 0. The fourth-order valence-electron chi connectivity index (χ4n) is 2.34. The van der Waals surface area contributed by atoms with Gasteiger partial charge in [0.05, 0.1) is 0 Å². The highest BCUT2D eigenvalue weighted by Gasteiger charge is 2.31. The molecule has 0 unspecified atom stereocenters. The SMILES string of the molecule is CC(C)c1cncc(C2(N)CCCC2)c1. The number of pyridine rings is 1. The maximum absolute atomic E-state index is 6.41. The van der Waals surface area contributed by atoms with Crippen LogP contribution >= 0.6 is 0 Å². The lowest BCUT2D eigenvalue weighted by Crippen LogP contribution is -2.33. The molecule has 1 aromatic heterocycles. The van der Waals surface area contributed by atoms with Crippen LogP contribution in [0.1, 0.15) is 56.6 Å². The number of nitrogens with two attached hydrogens (primary N) is 1. The van der Waals surface area contributed by atoms with Crippen LogP contribution in [-0.4, -0.2) is 4.98 Å². The van der Waals surface area contributed by atoms with Crippen LogP contribution in [0.15, 0.2) is 18.5 Å². The third kappa shape index (κ3) is 2.05. The molecule has 2 N–H and O–H groups in total. The van der Waals surface area contributed by atoms with Crippen LogP contribution in [0.4, 0.5) is 0 Å². The van der Waals surface area contributed by atoms with Gasteiger partial charge >= 0.3 is 0 Å². The average molecular weight is 204 g/mol. The molecule has 0 amide bonds. The van der Waals surface area contributed by atoms with E-state index in [2.05, 4.69) is 24.9 Å². The van der Waals surface area contributed by atoms with E-state index in [0.29, 0.717) is 5.92 Å². The quantitative estimate of drug-likeness (QED) is 0.804. The van der Waals surface area contributed by atoms with Gasteiger partial charge < -0.3 is 5.73 Å². The van der Waals surface area contributed by atoms with Crippen LogP contribution in [0, 0.1) is 0 Å². The summed E-state index contributed by atoms with van der Waals surface area (Å²) in [6.45, 7) is 4.39. The minimum absolute atomic E-state index is 0.0993. The summed E-state index contributed by atoms with van der Waals surface area (Å²) in [5.74, 6) is 0.530. The topological polar surface area (TPSA) is 38.9 Å². The molecule has 0 radical (unpaired) electrons. The second-order valence-corrected chi connectivity index (χ2v) is 5.02. The highest BCUT2D eigenvalue weighted by molar-refractivity contribution is 5.27. The van der Waals surface area contributed by atoms with Crippen molar-refractivity contribution in [2.75, 3.05) is 0 Å². The Morgan fingerprint density at radius 2 is 1.93 bits per heavy atom. The normalized spacial score (nSPS) is 19.7. The fourth-order valence-corrected chi connectivity index (χ4v) is 2.34. The Labute approximate surface area is 91.9 Å². The number of aromatic nitrogens is 1. The minimum atomic E-state index is -0.0993. The van der Waals surface area contributed by atoms with E-state index in [1.165, 1.54) is 24.0 Å². The number of hydrogen-bond donors (Lipinski definition) is 1. The highest BCUT2D eigenvalue weighted by atomic mass is 14.8. The monoisotopic (exact) mass is 204 g/mol. The minimum Gasteiger partial charge on any atom is -0.321 e. The Balaban J connectivity index is 2.31. The van der Waals surface area contributed by atoms with Crippen LogP contribution in [0.3, 0.4) is 0 Å². The van der Waals surface area contributed by atoms with Crippen LogP contribution < -0.4 is 5.73 Å². The summed E-state index contributed by atoms with van der Waals surface area (Å²) in [6.07, 6.45) is 8.61. The van der Waals surface area contributed by atoms with Gasteiger partial charge in [-0.3, -0.25) is 4.98 Å². The van der Waals surface area contributed by atoms with Gasteiger partial charge in [0.1, 0.15) is 0 Å². The molecule has 0 spiro atoms. The average Bonchev–Trinajstić information content (AvgIpc) is 2.67. The lowest BCUT2D eigenvalue weighted by atomic mass is 9.89. The molecular weight excluding hydrogens is 184 g/mol. The van der Waals surface area contributed by atoms with Crippen molar-refractivity contribution >= 4 is 0 Å². The molecule has 1 aliphatic carbocycles. The van der Waals surface area contributed by atoms with E-state index in [1.807, 2.05) is 12.4 Å². The second-order valence-electron chi connectivity index (χ2n) is 5.02. The zero-order chi connectivity index (χ0) is 10.9. The zero-order valence-electron chi connectivity index (χ0n) is 9.66. The molecule has 1 fully saturated rings. The molecule has 0 saturated heterocycles. The summed E-state index contributed by atoms with van der Waals surface area (Å²) in [6, 6.07) is 2.24. The second kappa shape index (κ2) is 3.93. The van der Waals surface area contributed by atoms with E-state index < -0.39 is 0 Å². The summed E-state index contributed by atoms with van der Waals surface area (Å²) >= 11 is 0. The van der Waals surface area contributed by atoms with E-state index in [4.69, 9.17) is 5.73 Å². The largest absolute Gasteiger partial charge is 0.321 e. The molecule has 0 bridgehead atoms. The molecule has 82 valence electrons. The lowest BCUT2D eigenvalue weighted by Gasteiger charge is -2.24. The Kier molecular flexibility index (Phi) is 2.79. The smallest absolute Gasteiger partial charge is 0.0425 e. The molecule has 2 nitrogen and oxygen atoms in total. The Bertz CT molecular complexity index is 338. The van der Waals surface area contributed by atoms with Gasteiger partial charge in [0, 0.05) is 17.9 Å². The molecule has 0 aliphatic heterocycles. The summed E-state index contributed by atoms with van der Waals surface area (Å²) in [5.41, 5.74) is 8.83. The van der Waals surface area contributed by atoms with Gasteiger partial charge in [0.25, 0.3) is 0 Å². The molecule has 1 saturated carbocycles. The van der Waals surface area contributed by atoms with Gasteiger partial charge in [-0.25, -0.2) is 0 Å². The number of nitrogens with zero attached hydrogens (tertiary/aromatic N) is 1. The molecule has 2 rings (SSSR count). The first-order valence-corrected chi connectivity index (χ1v) is 5.86. The predicted molar refractivity (Wildman–Crippen MR) is 62.7 cm³/mol. The van der Waals surface area contributed by atoms with Gasteiger partial charge in [-0.15, -0.1) is 0 Å². The molecule has 1 heterocycles. The predicted octanol–water partition coefficient (Wildman–Crippen LogP) is 2.93. The molecular formula is C13H20N2. The Hall–Kier alpha value is -0.890. The Morgan fingerprint density at radius 1 is 1.27 bits per heavy atom. The lowest BCUT2D eigenvalue weighted by molar-refractivity contribution is 0.459. The van der Waals surface area contributed by atoms with Gasteiger partial charge in [-0.1, -0.05) is 32.8 Å². The van der Waals surface area contributed by atoms with E-state index in [-0.39, 0.29) is 5.54 Å². The first-order chi connectivity index (χ1) is 7.12. The van der Waals surface area contributed by atoms with Crippen molar-refractivity contribution in [3.8, 4) is 0 Å². The van der Waals surface area contributed by atoms with E-state index in [9.17, 15) is 0 Å². The summed E-state index contributed by atoms with van der Waals surface area (Å²) < 4.78 is 0. The standard InChI is InChI=1S/C13H20N2/c1-10(2)11-7-12(9-15-8-11)13(14)5-3-4-6-13/h7-10H,3-6,14H2,1-2H3. The molecule has 0 atom stereocenters. The molecule has 1 aromatic rings. The van der Waals surface area contributed by atoms with Crippen molar-refractivity contribution in [2.45, 2.75) is 51.0 Å². The van der Waals surface area contributed by atoms with E-state index in [0.717, 1.165) is 12.8 Å². The Morgan fingerprint density at radius 3 is 2.53 bits per heavy atom. The van der Waals surface area contributed by atoms with E-state index in [1.54, 1.807) is 0 Å². The van der Waals surface area contributed by atoms with Crippen molar-refractivity contribution in [1.29, 1.82) is 0 Å².